The summed E-state index contributed by atoms with van der Waals surface area (Å²) in [4.78, 5) is 30.6. The van der Waals surface area contributed by atoms with Crippen LogP contribution in [0.25, 0.3) is 16.6 Å². The zero-order valence-electron chi connectivity index (χ0n) is 18.1. The Hall–Kier alpha value is -3.52. The van der Waals surface area contributed by atoms with E-state index in [2.05, 4.69) is 16.4 Å². The van der Waals surface area contributed by atoms with E-state index in [1.807, 2.05) is 18.2 Å². The molecule has 4 aromatic rings. The van der Waals surface area contributed by atoms with E-state index in [4.69, 9.17) is 0 Å². The summed E-state index contributed by atoms with van der Waals surface area (Å²) in [5, 5.41) is 3.54. The molecule has 3 aromatic carbocycles. The highest BCUT2D eigenvalue weighted by molar-refractivity contribution is 7.99. The van der Waals surface area contributed by atoms with Crippen molar-refractivity contribution < 1.29 is 13.6 Å². The third kappa shape index (κ3) is 4.33. The number of rotatable bonds is 5. The fourth-order valence-electron chi connectivity index (χ4n) is 4.35. The van der Waals surface area contributed by atoms with Gasteiger partial charge in [-0.25, -0.2) is 13.8 Å². The molecule has 1 aliphatic carbocycles. The van der Waals surface area contributed by atoms with E-state index in [-0.39, 0.29) is 28.5 Å². The third-order valence-corrected chi connectivity index (χ3v) is 6.87. The third-order valence-electron chi connectivity index (χ3n) is 5.93. The number of aryl methyl sites for hydroxylation is 1. The highest BCUT2D eigenvalue weighted by Crippen LogP contribution is 2.30. The first-order valence-corrected chi connectivity index (χ1v) is 12.0. The predicted molar refractivity (Wildman–Crippen MR) is 128 cm³/mol. The zero-order valence-corrected chi connectivity index (χ0v) is 18.9. The number of thioether (sulfide) groups is 1. The average Bonchev–Trinajstić information content (AvgIpc) is 2.84. The molecule has 0 aliphatic heterocycles. The SMILES string of the molecule is O=C(CSc1nc2ccccc2c(=O)n1-c1ccc(F)cc1F)NC1CCCc2ccccc21. The number of nitrogens with one attached hydrogen (secondary N) is 1. The van der Waals surface area contributed by atoms with Crippen LogP contribution in [0.1, 0.15) is 30.0 Å². The van der Waals surface area contributed by atoms with Crippen LogP contribution in [0.2, 0.25) is 0 Å². The molecule has 1 unspecified atom stereocenters. The van der Waals surface area contributed by atoms with Gasteiger partial charge in [0, 0.05) is 6.07 Å². The average molecular weight is 478 g/mol. The molecule has 172 valence electrons. The van der Waals surface area contributed by atoms with Gasteiger partial charge in [0.25, 0.3) is 5.56 Å². The Morgan fingerprint density at radius 1 is 1.09 bits per heavy atom. The Morgan fingerprint density at radius 2 is 1.88 bits per heavy atom. The second kappa shape index (κ2) is 9.38. The van der Waals surface area contributed by atoms with Crippen LogP contribution in [0.5, 0.6) is 0 Å². The molecular formula is C26H21F2N3O2S. The maximum atomic E-state index is 14.6. The van der Waals surface area contributed by atoms with Crippen LogP contribution in [-0.4, -0.2) is 21.2 Å². The van der Waals surface area contributed by atoms with Crippen molar-refractivity contribution in [3.63, 3.8) is 0 Å². The van der Waals surface area contributed by atoms with E-state index in [9.17, 15) is 18.4 Å². The normalized spacial score (nSPS) is 15.2. The first-order chi connectivity index (χ1) is 16.5. The monoisotopic (exact) mass is 477 g/mol. The molecule has 1 aromatic heterocycles. The van der Waals surface area contributed by atoms with Crippen molar-refractivity contribution >= 4 is 28.6 Å². The van der Waals surface area contributed by atoms with Crippen LogP contribution < -0.4 is 10.9 Å². The van der Waals surface area contributed by atoms with Gasteiger partial charge >= 0.3 is 0 Å². The number of benzene rings is 3. The zero-order chi connectivity index (χ0) is 23.7. The summed E-state index contributed by atoms with van der Waals surface area (Å²) in [6, 6.07) is 17.7. The van der Waals surface area contributed by atoms with Crippen LogP contribution in [0.15, 0.2) is 76.7 Å². The number of carbonyl (C=O) groups excluding carboxylic acids is 1. The number of carbonyl (C=O) groups is 1. The second-order valence-electron chi connectivity index (χ2n) is 8.15. The molecule has 0 saturated heterocycles. The number of nitrogens with zero attached hydrogens (tertiary/aromatic N) is 2. The molecule has 1 amide bonds. The largest absolute Gasteiger partial charge is 0.349 e. The summed E-state index contributed by atoms with van der Waals surface area (Å²) < 4.78 is 29.2. The van der Waals surface area contributed by atoms with E-state index in [0.717, 1.165) is 53.3 Å². The molecular weight excluding hydrogens is 456 g/mol. The van der Waals surface area contributed by atoms with Crippen LogP contribution >= 0.6 is 11.8 Å². The lowest BCUT2D eigenvalue weighted by molar-refractivity contribution is -0.119. The van der Waals surface area contributed by atoms with Gasteiger partial charge in [-0.05, 0) is 54.7 Å². The van der Waals surface area contributed by atoms with Gasteiger partial charge in [0.05, 0.1) is 28.4 Å². The molecule has 0 bridgehead atoms. The van der Waals surface area contributed by atoms with Gasteiger partial charge in [0.2, 0.25) is 5.91 Å². The molecule has 1 N–H and O–H groups in total. The fraction of sp³-hybridized carbons (Fsp3) is 0.192. The minimum Gasteiger partial charge on any atom is -0.349 e. The summed E-state index contributed by atoms with van der Waals surface area (Å²) in [6.45, 7) is 0. The Balaban J connectivity index is 1.45. The Labute approximate surface area is 198 Å². The van der Waals surface area contributed by atoms with Crippen molar-refractivity contribution in [2.24, 2.45) is 0 Å². The fourth-order valence-corrected chi connectivity index (χ4v) is 5.17. The minimum absolute atomic E-state index is 0.00768. The van der Waals surface area contributed by atoms with Gasteiger partial charge < -0.3 is 5.32 Å². The van der Waals surface area contributed by atoms with Crippen molar-refractivity contribution in [3.8, 4) is 5.69 Å². The number of hydrogen-bond acceptors (Lipinski definition) is 4. The predicted octanol–water partition coefficient (Wildman–Crippen LogP) is 4.95. The maximum absolute atomic E-state index is 14.6. The lowest BCUT2D eigenvalue weighted by Gasteiger charge is -2.26. The molecule has 5 rings (SSSR count). The van der Waals surface area contributed by atoms with Gasteiger partial charge in [0.15, 0.2) is 5.16 Å². The number of amides is 1. The summed E-state index contributed by atoms with van der Waals surface area (Å²) in [5.41, 5.74) is 2.20. The van der Waals surface area contributed by atoms with Gasteiger partial charge in [-0.3, -0.25) is 14.2 Å². The Morgan fingerprint density at radius 3 is 2.74 bits per heavy atom. The Bertz CT molecular complexity index is 1450. The molecule has 0 saturated carbocycles. The van der Waals surface area contributed by atoms with Crippen molar-refractivity contribution in [2.45, 2.75) is 30.5 Å². The number of aromatic nitrogens is 2. The summed E-state index contributed by atoms with van der Waals surface area (Å²) in [5.74, 6) is -1.85. The molecule has 0 radical (unpaired) electrons. The van der Waals surface area contributed by atoms with Crippen molar-refractivity contribution in [3.05, 3.63) is 99.8 Å². The van der Waals surface area contributed by atoms with Crippen LogP contribution in [0, 0.1) is 11.6 Å². The molecule has 1 heterocycles. The summed E-state index contributed by atoms with van der Waals surface area (Å²) in [6.07, 6.45) is 2.84. The highest BCUT2D eigenvalue weighted by atomic mass is 32.2. The molecule has 0 fully saturated rings. The summed E-state index contributed by atoms with van der Waals surface area (Å²) in [7, 11) is 0. The number of hydrogen-bond donors (Lipinski definition) is 1. The van der Waals surface area contributed by atoms with E-state index < -0.39 is 17.2 Å². The van der Waals surface area contributed by atoms with Crippen molar-refractivity contribution in [2.75, 3.05) is 5.75 Å². The standard InChI is InChI=1S/C26H21F2N3O2S/c27-17-12-13-23(20(28)14-17)31-25(33)19-9-3-4-10-22(19)30-26(31)34-15-24(32)29-21-11-5-7-16-6-1-2-8-18(16)21/h1-4,6,8-10,12-14,21H,5,7,11,15H2,(H,29,32). The van der Waals surface area contributed by atoms with Crippen LogP contribution in [0.3, 0.4) is 0 Å². The first-order valence-electron chi connectivity index (χ1n) is 11.0. The molecule has 0 spiro atoms. The second-order valence-corrected chi connectivity index (χ2v) is 9.09. The molecule has 1 aliphatic rings. The molecule has 5 nitrogen and oxygen atoms in total. The topological polar surface area (TPSA) is 64.0 Å². The lowest BCUT2D eigenvalue weighted by Crippen LogP contribution is -2.32. The van der Waals surface area contributed by atoms with Gasteiger partial charge in [-0.15, -0.1) is 0 Å². The molecule has 34 heavy (non-hydrogen) atoms. The molecule has 8 heteroatoms. The van der Waals surface area contributed by atoms with Crippen LogP contribution in [0.4, 0.5) is 8.78 Å². The van der Waals surface area contributed by atoms with Gasteiger partial charge in [-0.2, -0.15) is 0 Å². The van der Waals surface area contributed by atoms with Crippen LogP contribution in [-0.2, 0) is 11.2 Å². The van der Waals surface area contributed by atoms with Gasteiger partial charge in [-0.1, -0.05) is 48.2 Å². The van der Waals surface area contributed by atoms with Crippen molar-refractivity contribution in [1.82, 2.24) is 14.9 Å². The lowest BCUT2D eigenvalue weighted by atomic mass is 9.88. The quantitative estimate of drug-likeness (QED) is 0.326. The molecule has 1 atom stereocenters. The highest BCUT2D eigenvalue weighted by Gasteiger charge is 2.22. The maximum Gasteiger partial charge on any atom is 0.266 e. The first kappa shape index (κ1) is 22.3. The smallest absolute Gasteiger partial charge is 0.266 e. The number of fused-ring (bicyclic) bond motifs is 2. The van der Waals surface area contributed by atoms with E-state index in [1.165, 1.54) is 11.6 Å². The summed E-state index contributed by atoms with van der Waals surface area (Å²) >= 11 is 1.04. The van der Waals surface area contributed by atoms with E-state index in [0.29, 0.717) is 10.9 Å². The van der Waals surface area contributed by atoms with E-state index in [1.54, 1.807) is 24.3 Å². The van der Waals surface area contributed by atoms with E-state index >= 15 is 0 Å². The number of halogens is 2. The Kier molecular flexibility index (Phi) is 6.15. The minimum atomic E-state index is -0.885. The van der Waals surface area contributed by atoms with Crippen molar-refractivity contribution in [1.29, 1.82) is 0 Å². The van der Waals surface area contributed by atoms with Gasteiger partial charge in [0.1, 0.15) is 11.6 Å². The number of para-hydroxylation sites is 1.